The van der Waals surface area contributed by atoms with Crippen LogP contribution in [0.3, 0.4) is 0 Å². The minimum atomic E-state index is -4.44. The largest absolute Gasteiger partial charge is 0.419 e. The highest BCUT2D eigenvalue weighted by Crippen LogP contribution is 2.33. The van der Waals surface area contributed by atoms with E-state index in [1.807, 2.05) is 6.20 Å². The maximum atomic E-state index is 12.9. The Kier molecular flexibility index (Phi) is 9.77. The molecule has 27 heavy (non-hydrogen) atoms. The molecule has 150 valence electrons. The van der Waals surface area contributed by atoms with Crippen LogP contribution in [0, 0.1) is 0 Å². The minimum absolute atomic E-state index is 0. The van der Waals surface area contributed by atoms with E-state index >= 15 is 0 Å². The lowest BCUT2D eigenvalue weighted by molar-refractivity contribution is -0.137. The predicted molar refractivity (Wildman–Crippen MR) is 113 cm³/mol. The van der Waals surface area contributed by atoms with Gasteiger partial charge in [0.2, 0.25) is 0 Å². The summed E-state index contributed by atoms with van der Waals surface area (Å²) in [5.74, 6) is 0.372. The molecule has 2 rings (SSSR count). The van der Waals surface area contributed by atoms with Crippen LogP contribution in [0.25, 0.3) is 0 Å². The highest BCUT2D eigenvalue weighted by atomic mass is 127. The third-order valence-electron chi connectivity index (χ3n) is 3.40. The molecule has 2 heterocycles. The highest BCUT2D eigenvalue weighted by Gasteiger charge is 2.33. The zero-order chi connectivity index (χ0) is 19.0. The molecule has 0 aliphatic carbocycles. The van der Waals surface area contributed by atoms with E-state index in [-0.39, 0.29) is 36.3 Å². The summed E-state index contributed by atoms with van der Waals surface area (Å²) < 4.78 is 38.7. The van der Waals surface area contributed by atoms with Crippen molar-refractivity contribution in [1.82, 2.24) is 20.6 Å². The molecular weight excluding hydrogens is 492 g/mol. The molecule has 0 bridgehead atoms. The van der Waals surface area contributed by atoms with E-state index in [4.69, 9.17) is 0 Å². The van der Waals surface area contributed by atoms with Crippen LogP contribution in [0.5, 0.6) is 0 Å². The molecular formula is C16H22F3IN6S. The predicted octanol–water partition coefficient (Wildman–Crippen LogP) is 3.51. The molecule has 0 aliphatic heterocycles. The fourth-order valence-electron chi connectivity index (χ4n) is 2.11. The molecule has 6 nitrogen and oxygen atoms in total. The van der Waals surface area contributed by atoms with Crippen LogP contribution < -0.4 is 16.0 Å². The quantitative estimate of drug-likeness (QED) is 0.228. The number of anilines is 1. The Labute approximate surface area is 177 Å². The number of aromatic nitrogens is 2. The smallest absolute Gasteiger partial charge is 0.368 e. The lowest BCUT2D eigenvalue weighted by Gasteiger charge is -2.14. The van der Waals surface area contributed by atoms with E-state index in [9.17, 15) is 13.2 Å². The molecule has 0 unspecified atom stereocenters. The van der Waals surface area contributed by atoms with Gasteiger partial charge in [-0.3, -0.25) is 4.99 Å². The van der Waals surface area contributed by atoms with Crippen LogP contribution in [0.2, 0.25) is 0 Å². The summed E-state index contributed by atoms with van der Waals surface area (Å²) in [6.45, 7) is 3.25. The van der Waals surface area contributed by atoms with Crippen molar-refractivity contribution in [2.24, 2.45) is 4.99 Å². The summed E-state index contributed by atoms with van der Waals surface area (Å²) in [5.41, 5.74) is -0.780. The summed E-state index contributed by atoms with van der Waals surface area (Å²) in [7, 11) is 1.63. The summed E-state index contributed by atoms with van der Waals surface area (Å²) >= 11 is 1.63. The first-order valence-corrected chi connectivity index (χ1v) is 8.90. The number of aliphatic imine (C=N–C) groups is 1. The minimum Gasteiger partial charge on any atom is -0.368 e. The van der Waals surface area contributed by atoms with Gasteiger partial charge in [0.05, 0.1) is 12.1 Å². The van der Waals surface area contributed by atoms with Gasteiger partial charge in [0.1, 0.15) is 10.8 Å². The number of pyridine rings is 1. The van der Waals surface area contributed by atoms with Crippen LogP contribution in [0.4, 0.5) is 19.0 Å². The Morgan fingerprint density at radius 2 is 2.00 bits per heavy atom. The van der Waals surface area contributed by atoms with Gasteiger partial charge in [-0.05, 0) is 18.6 Å². The van der Waals surface area contributed by atoms with Crippen molar-refractivity contribution in [3.63, 3.8) is 0 Å². The van der Waals surface area contributed by atoms with Gasteiger partial charge < -0.3 is 16.0 Å². The number of thiazole rings is 1. The molecule has 11 heteroatoms. The number of nitrogens with zero attached hydrogens (tertiary/aromatic N) is 3. The van der Waals surface area contributed by atoms with Gasteiger partial charge in [-0.1, -0.05) is 6.92 Å². The Morgan fingerprint density at radius 1 is 1.22 bits per heavy atom. The zero-order valence-corrected chi connectivity index (χ0v) is 18.1. The van der Waals surface area contributed by atoms with Crippen molar-refractivity contribution in [3.8, 4) is 0 Å². The number of alkyl halides is 3. The second-order valence-corrected chi connectivity index (χ2v) is 6.45. The summed E-state index contributed by atoms with van der Waals surface area (Å²) in [4.78, 5) is 13.4. The molecule has 0 aliphatic rings. The number of hydrogen-bond donors (Lipinski definition) is 3. The summed E-state index contributed by atoms with van der Waals surface area (Å²) in [5, 5.41) is 9.80. The van der Waals surface area contributed by atoms with Crippen LogP contribution in [0.15, 0.2) is 29.5 Å². The van der Waals surface area contributed by atoms with Crippen LogP contribution in [-0.2, 0) is 19.1 Å². The molecule has 0 fully saturated rings. The van der Waals surface area contributed by atoms with E-state index in [1.54, 1.807) is 18.4 Å². The van der Waals surface area contributed by atoms with Gasteiger partial charge in [0.15, 0.2) is 5.96 Å². The SMILES string of the molecule is CCc1cnc(CNC(=NC)NCCNc2ncccc2C(F)(F)F)s1.I. The third-order valence-corrected chi connectivity index (χ3v) is 4.55. The molecule has 2 aromatic rings. The molecule has 0 saturated heterocycles. The molecule has 0 saturated carbocycles. The second kappa shape index (κ2) is 11.3. The Bertz CT molecular complexity index is 735. The lowest BCUT2D eigenvalue weighted by atomic mass is 10.2. The van der Waals surface area contributed by atoms with Crippen LogP contribution in [-0.4, -0.2) is 36.1 Å². The molecule has 0 amide bonds. The Balaban J connectivity index is 0.00000364. The van der Waals surface area contributed by atoms with Crippen LogP contribution in [0.1, 0.15) is 22.4 Å². The van der Waals surface area contributed by atoms with Gasteiger partial charge in [-0.2, -0.15) is 13.2 Å². The molecule has 0 aromatic carbocycles. The van der Waals surface area contributed by atoms with Crippen LogP contribution >= 0.6 is 35.3 Å². The Hall–Kier alpha value is -1.63. The average Bonchev–Trinajstić information content (AvgIpc) is 3.08. The van der Waals surface area contributed by atoms with Crippen molar-refractivity contribution in [2.75, 3.05) is 25.5 Å². The van der Waals surface area contributed by atoms with Crippen molar-refractivity contribution in [3.05, 3.63) is 40.0 Å². The first kappa shape index (κ1) is 23.4. The second-order valence-electron chi connectivity index (χ2n) is 5.25. The van der Waals surface area contributed by atoms with Crippen molar-refractivity contribution in [2.45, 2.75) is 26.1 Å². The first-order valence-electron chi connectivity index (χ1n) is 8.08. The fraction of sp³-hybridized carbons (Fsp3) is 0.438. The fourth-order valence-corrected chi connectivity index (χ4v) is 2.91. The monoisotopic (exact) mass is 514 g/mol. The van der Waals surface area contributed by atoms with E-state index in [2.05, 4.69) is 37.8 Å². The summed E-state index contributed by atoms with van der Waals surface area (Å²) in [6.07, 6.45) is -0.312. The van der Waals surface area contributed by atoms with E-state index in [0.717, 1.165) is 17.5 Å². The normalized spacial score (nSPS) is 11.7. The molecule has 0 radical (unpaired) electrons. The number of aryl methyl sites for hydroxylation is 1. The van der Waals surface area contributed by atoms with Gasteiger partial charge in [-0.15, -0.1) is 35.3 Å². The molecule has 0 atom stereocenters. The number of halogens is 4. The average molecular weight is 514 g/mol. The standard InChI is InChI=1S/C16H21F3N6S.HI/c1-3-11-9-24-13(26-11)10-25-15(20-2)23-8-7-22-14-12(16(17,18)19)5-4-6-21-14;/h4-6,9H,3,7-8,10H2,1-2H3,(H,21,22)(H2,20,23,25);1H. The molecule has 3 N–H and O–H groups in total. The lowest BCUT2D eigenvalue weighted by Crippen LogP contribution is -2.39. The number of rotatable bonds is 7. The van der Waals surface area contributed by atoms with Gasteiger partial charge in [0, 0.05) is 37.4 Å². The van der Waals surface area contributed by atoms with E-state index < -0.39 is 11.7 Å². The maximum Gasteiger partial charge on any atom is 0.419 e. The first-order chi connectivity index (χ1) is 12.4. The van der Waals surface area contributed by atoms with Crippen molar-refractivity contribution in [1.29, 1.82) is 0 Å². The maximum absolute atomic E-state index is 12.9. The number of guanidine groups is 1. The Morgan fingerprint density at radius 3 is 2.63 bits per heavy atom. The third kappa shape index (κ3) is 7.48. The van der Waals surface area contributed by atoms with Crippen molar-refractivity contribution >= 4 is 47.1 Å². The molecule has 0 spiro atoms. The summed E-state index contributed by atoms with van der Waals surface area (Å²) in [6, 6.07) is 2.27. The van der Waals surface area contributed by atoms with Crippen molar-refractivity contribution < 1.29 is 13.2 Å². The topological polar surface area (TPSA) is 74.2 Å². The van der Waals surface area contributed by atoms with Gasteiger partial charge >= 0.3 is 6.18 Å². The number of hydrogen-bond acceptors (Lipinski definition) is 5. The zero-order valence-electron chi connectivity index (χ0n) is 14.9. The van der Waals surface area contributed by atoms with Gasteiger partial charge in [-0.25, -0.2) is 9.97 Å². The highest BCUT2D eigenvalue weighted by molar-refractivity contribution is 14.0. The molecule has 2 aromatic heterocycles. The number of nitrogens with one attached hydrogen (secondary N) is 3. The van der Waals surface area contributed by atoms with Gasteiger partial charge in [0.25, 0.3) is 0 Å². The van der Waals surface area contributed by atoms with E-state index in [0.29, 0.717) is 19.0 Å². The van der Waals surface area contributed by atoms with E-state index in [1.165, 1.54) is 17.1 Å².